The Labute approximate surface area is 217 Å². The Hall–Kier alpha value is -3.75. The molecule has 0 aliphatic rings. The first-order chi connectivity index (χ1) is 17.3. The summed E-state index contributed by atoms with van der Waals surface area (Å²) >= 11 is 4.57. The van der Waals surface area contributed by atoms with Crippen molar-refractivity contribution < 1.29 is 49.5 Å². The number of nitrogens with zero attached hydrogens (tertiary/aromatic N) is 4. The summed E-state index contributed by atoms with van der Waals surface area (Å²) in [5, 5.41) is 48.7. The minimum Gasteiger partial charge on any atom is -0.480 e. The molecule has 0 bridgehead atoms. The summed E-state index contributed by atoms with van der Waals surface area (Å²) in [6.45, 7) is -1.86. The lowest BCUT2D eigenvalue weighted by atomic mass is 10.0. The molecule has 0 saturated heterocycles. The third kappa shape index (κ3) is 12.2. The van der Waals surface area contributed by atoms with Crippen LogP contribution in [-0.2, 0) is 24.0 Å². The van der Waals surface area contributed by atoms with Crippen LogP contribution in [0.15, 0.2) is 29.3 Å². The Morgan fingerprint density at radius 1 is 0.757 bits per heavy atom. The van der Waals surface area contributed by atoms with Gasteiger partial charge in [-0.2, -0.15) is 4.99 Å². The van der Waals surface area contributed by atoms with Crippen molar-refractivity contribution in [2.24, 2.45) is 4.99 Å². The summed E-state index contributed by atoms with van der Waals surface area (Å²) in [5.41, 5.74) is 0.899. The van der Waals surface area contributed by atoms with Gasteiger partial charge < -0.3 is 25.5 Å². The highest BCUT2D eigenvalue weighted by Crippen LogP contribution is 2.25. The number of rotatable bonds is 18. The molecule has 0 aliphatic carbocycles. The van der Waals surface area contributed by atoms with Gasteiger partial charge in [0.25, 0.3) is 0 Å². The lowest BCUT2D eigenvalue weighted by molar-refractivity contribution is -0.144. The topological polar surface area (TPSA) is 209 Å². The first kappa shape index (κ1) is 31.3. The summed E-state index contributed by atoms with van der Waals surface area (Å²) in [5.74, 6) is -6.41. The van der Waals surface area contributed by atoms with E-state index in [1.54, 1.807) is 24.3 Å². The van der Waals surface area contributed by atoms with E-state index in [-0.39, 0.29) is 13.1 Å². The Bertz CT molecular complexity index is 997. The van der Waals surface area contributed by atoms with Crippen LogP contribution in [0.2, 0.25) is 0 Å². The van der Waals surface area contributed by atoms with Crippen LogP contribution in [0.4, 0.5) is 5.69 Å². The van der Waals surface area contributed by atoms with Crippen molar-refractivity contribution in [3.8, 4) is 0 Å². The van der Waals surface area contributed by atoms with Gasteiger partial charge in [-0.3, -0.25) is 38.7 Å². The lowest BCUT2D eigenvalue weighted by Gasteiger charge is -2.36. The van der Waals surface area contributed by atoms with E-state index < -0.39 is 74.7 Å². The third-order valence-corrected chi connectivity index (χ3v) is 5.27. The molecule has 14 nitrogen and oxygen atoms in total. The number of thiocarbonyl (C=S) groups is 1. The molecular weight excluding hydrogens is 512 g/mol. The van der Waals surface area contributed by atoms with E-state index in [9.17, 15) is 39.3 Å². The minimum absolute atomic E-state index is 0.107. The zero-order valence-corrected chi connectivity index (χ0v) is 20.7. The smallest absolute Gasteiger partial charge is 0.317 e. The van der Waals surface area contributed by atoms with Crippen LogP contribution in [0, 0.1) is 0 Å². The first-order valence-electron chi connectivity index (χ1n) is 10.8. The van der Waals surface area contributed by atoms with Crippen LogP contribution in [0.1, 0.15) is 18.5 Å². The van der Waals surface area contributed by atoms with Crippen molar-refractivity contribution in [1.29, 1.82) is 0 Å². The number of hydrogen-bond acceptors (Lipinski definition) is 10. The van der Waals surface area contributed by atoms with Crippen LogP contribution in [-0.4, -0.2) is 127 Å². The minimum atomic E-state index is -1.31. The van der Waals surface area contributed by atoms with Gasteiger partial charge >= 0.3 is 29.8 Å². The maximum absolute atomic E-state index is 11.6. The van der Waals surface area contributed by atoms with Gasteiger partial charge in [0.05, 0.1) is 43.6 Å². The van der Waals surface area contributed by atoms with Crippen molar-refractivity contribution in [2.45, 2.75) is 19.0 Å². The van der Waals surface area contributed by atoms with Crippen LogP contribution >= 0.6 is 12.2 Å². The largest absolute Gasteiger partial charge is 0.480 e. The van der Waals surface area contributed by atoms with Crippen molar-refractivity contribution in [1.82, 2.24) is 14.7 Å². The molecule has 0 amide bonds. The van der Waals surface area contributed by atoms with E-state index in [4.69, 9.17) is 10.2 Å². The van der Waals surface area contributed by atoms with Crippen LogP contribution in [0.3, 0.4) is 0 Å². The predicted molar refractivity (Wildman–Crippen MR) is 131 cm³/mol. The molecule has 1 rings (SSSR count). The maximum Gasteiger partial charge on any atom is 0.317 e. The SMILES string of the molecule is C[C@H](CN(CC(=O)O)CC(c1ccc(N=C=S)cc1)N(CC(=O)O)CC(=O)O)N(CC(=O)O)CC(=O)O. The lowest BCUT2D eigenvalue weighted by Crippen LogP contribution is -2.50. The predicted octanol–water partition coefficient (Wildman–Crippen LogP) is 0.180. The molecule has 15 heteroatoms. The molecule has 1 aromatic carbocycles. The Kier molecular flexibility index (Phi) is 13.0. The number of isothiocyanates is 1. The first-order valence-corrected chi connectivity index (χ1v) is 11.2. The number of aliphatic carboxylic acids is 5. The zero-order valence-electron chi connectivity index (χ0n) is 19.9. The van der Waals surface area contributed by atoms with Crippen molar-refractivity contribution >= 4 is 52.9 Å². The zero-order chi connectivity index (χ0) is 28.1. The van der Waals surface area contributed by atoms with Gasteiger partial charge in [-0.25, -0.2) is 0 Å². The van der Waals surface area contributed by atoms with E-state index in [0.29, 0.717) is 11.3 Å². The maximum atomic E-state index is 11.6. The van der Waals surface area contributed by atoms with Crippen molar-refractivity contribution in [3.05, 3.63) is 29.8 Å². The third-order valence-electron chi connectivity index (χ3n) is 5.18. The molecule has 202 valence electrons. The summed E-state index contributed by atoms with van der Waals surface area (Å²) in [6, 6.07) is 4.57. The number of hydrogen-bond donors (Lipinski definition) is 5. The van der Waals surface area contributed by atoms with E-state index in [0.717, 1.165) is 9.80 Å². The van der Waals surface area contributed by atoms with E-state index >= 15 is 0 Å². The molecule has 5 N–H and O–H groups in total. The standard InChI is InChI=1S/C22H28N4O10S/c1-14(25(9-19(29)30)10-20(31)32)6-24(8-18(27)28)7-17(26(11-21(33)34)12-22(35)36)15-2-4-16(5-3-15)23-13-37/h2-5,14,17H,6-12H2,1H3,(H,27,28)(H,29,30)(H,31,32)(H,33,34)(H,35,36)/t14-,17?/m1/s1. The highest BCUT2D eigenvalue weighted by molar-refractivity contribution is 7.78. The van der Waals surface area contributed by atoms with E-state index in [1.165, 1.54) is 11.8 Å². The Balaban J connectivity index is 3.41. The average Bonchev–Trinajstić information content (AvgIpc) is 2.75. The van der Waals surface area contributed by atoms with Gasteiger partial charge in [-0.05, 0) is 36.8 Å². The highest BCUT2D eigenvalue weighted by Gasteiger charge is 2.29. The summed E-state index contributed by atoms with van der Waals surface area (Å²) < 4.78 is 0. The normalized spacial score (nSPS) is 12.6. The van der Waals surface area contributed by atoms with Gasteiger partial charge in [-0.1, -0.05) is 12.1 Å². The number of carboxylic acids is 5. The Morgan fingerprint density at radius 2 is 1.19 bits per heavy atom. The average molecular weight is 541 g/mol. The second-order valence-corrected chi connectivity index (χ2v) is 8.31. The number of carbonyl (C=O) groups is 5. The monoisotopic (exact) mass is 540 g/mol. The second kappa shape index (κ2) is 15.4. The molecule has 37 heavy (non-hydrogen) atoms. The molecular formula is C22H28N4O10S. The van der Waals surface area contributed by atoms with Crippen LogP contribution in [0.25, 0.3) is 0 Å². The van der Waals surface area contributed by atoms with Gasteiger partial charge in [0.1, 0.15) is 0 Å². The van der Waals surface area contributed by atoms with Gasteiger partial charge in [0, 0.05) is 25.2 Å². The summed E-state index contributed by atoms with van der Waals surface area (Å²) in [6.07, 6.45) is 0. The molecule has 0 fully saturated rings. The fourth-order valence-electron chi connectivity index (χ4n) is 3.72. The number of benzene rings is 1. The summed E-state index contributed by atoms with van der Waals surface area (Å²) in [4.78, 5) is 64.5. The molecule has 1 unspecified atom stereocenters. The van der Waals surface area contributed by atoms with Crippen molar-refractivity contribution in [2.75, 3.05) is 45.8 Å². The van der Waals surface area contributed by atoms with Crippen LogP contribution in [0.5, 0.6) is 0 Å². The molecule has 0 aromatic heterocycles. The Morgan fingerprint density at radius 3 is 1.59 bits per heavy atom. The molecule has 0 saturated carbocycles. The van der Waals surface area contributed by atoms with E-state index in [2.05, 4.69) is 22.4 Å². The second-order valence-electron chi connectivity index (χ2n) is 8.13. The molecule has 0 aliphatic heterocycles. The fraction of sp³-hybridized carbons (Fsp3) is 0.455. The molecule has 0 heterocycles. The highest BCUT2D eigenvalue weighted by atomic mass is 32.1. The molecule has 0 radical (unpaired) electrons. The summed E-state index contributed by atoms with van der Waals surface area (Å²) in [7, 11) is 0. The van der Waals surface area contributed by atoms with E-state index in [1.807, 2.05) is 0 Å². The van der Waals surface area contributed by atoms with Crippen molar-refractivity contribution in [3.63, 3.8) is 0 Å². The van der Waals surface area contributed by atoms with Gasteiger partial charge in [0.15, 0.2) is 0 Å². The van der Waals surface area contributed by atoms with Gasteiger partial charge in [-0.15, -0.1) is 0 Å². The quantitative estimate of drug-likeness (QED) is 0.124. The number of carboxylic acid groups (broad SMARTS) is 5. The number of aliphatic imine (C=N–C) groups is 1. The van der Waals surface area contributed by atoms with Crippen LogP contribution < -0.4 is 0 Å². The molecule has 1 aromatic rings. The molecule has 2 atom stereocenters. The fourth-order valence-corrected chi connectivity index (χ4v) is 3.83. The molecule has 0 spiro atoms. The van der Waals surface area contributed by atoms with Gasteiger partial charge in [0.2, 0.25) is 0 Å².